The summed E-state index contributed by atoms with van der Waals surface area (Å²) in [5.74, 6) is 0. The first-order valence-corrected chi connectivity index (χ1v) is 6.74. The molecule has 0 aliphatic carbocycles. The van der Waals surface area contributed by atoms with Crippen molar-refractivity contribution in [2.75, 3.05) is 0 Å². The first-order valence-electron chi connectivity index (χ1n) is 6.37. The SMILES string of the molecule is Cc1cc2oc(=O)c(-c3ccccc3)c(C)c2cc1Cl. The van der Waals surface area contributed by atoms with E-state index in [1.54, 1.807) is 6.07 Å². The van der Waals surface area contributed by atoms with E-state index < -0.39 is 0 Å². The van der Waals surface area contributed by atoms with Gasteiger partial charge in [-0.25, -0.2) is 4.79 Å². The molecule has 0 radical (unpaired) electrons. The molecule has 2 nitrogen and oxygen atoms in total. The normalized spacial score (nSPS) is 10.9. The van der Waals surface area contributed by atoms with E-state index in [0.717, 1.165) is 22.1 Å². The van der Waals surface area contributed by atoms with Crippen molar-refractivity contribution < 1.29 is 4.42 Å². The first kappa shape index (κ1) is 12.9. The lowest BCUT2D eigenvalue weighted by Crippen LogP contribution is -2.06. The van der Waals surface area contributed by atoms with Crippen LogP contribution in [-0.2, 0) is 0 Å². The molecule has 0 fully saturated rings. The van der Waals surface area contributed by atoms with Gasteiger partial charge in [0.05, 0.1) is 5.56 Å². The molecule has 0 N–H and O–H groups in total. The lowest BCUT2D eigenvalue weighted by molar-refractivity contribution is 0.562. The maximum atomic E-state index is 12.3. The minimum absolute atomic E-state index is 0.317. The van der Waals surface area contributed by atoms with Crippen LogP contribution < -0.4 is 5.63 Å². The summed E-state index contributed by atoms with van der Waals surface area (Å²) < 4.78 is 5.45. The monoisotopic (exact) mass is 284 g/mol. The third-order valence-corrected chi connectivity index (χ3v) is 3.92. The van der Waals surface area contributed by atoms with Crippen molar-refractivity contribution in [1.29, 1.82) is 0 Å². The summed E-state index contributed by atoms with van der Waals surface area (Å²) in [7, 11) is 0. The number of aryl methyl sites for hydroxylation is 2. The second kappa shape index (κ2) is 4.80. The maximum absolute atomic E-state index is 12.3. The smallest absolute Gasteiger partial charge is 0.344 e. The molecule has 1 aromatic heterocycles. The summed E-state index contributed by atoms with van der Waals surface area (Å²) in [6, 6.07) is 13.2. The third-order valence-electron chi connectivity index (χ3n) is 3.51. The summed E-state index contributed by atoms with van der Waals surface area (Å²) in [5, 5.41) is 1.55. The van der Waals surface area contributed by atoms with Crippen LogP contribution in [0.5, 0.6) is 0 Å². The van der Waals surface area contributed by atoms with Gasteiger partial charge in [0.15, 0.2) is 0 Å². The summed E-state index contributed by atoms with van der Waals surface area (Å²) in [4.78, 5) is 12.3. The molecule has 3 aromatic rings. The van der Waals surface area contributed by atoms with Crippen molar-refractivity contribution in [2.24, 2.45) is 0 Å². The molecule has 0 saturated carbocycles. The Balaban J connectivity index is 2.41. The Bertz CT molecular complexity index is 848. The zero-order valence-electron chi connectivity index (χ0n) is 11.2. The summed E-state index contributed by atoms with van der Waals surface area (Å²) in [6.07, 6.45) is 0. The highest BCUT2D eigenvalue weighted by molar-refractivity contribution is 6.32. The molecule has 0 amide bonds. The zero-order chi connectivity index (χ0) is 14.3. The molecule has 0 spiro atoms. The molecular weight excluding hydrogens is 272 g/mol. The Labute approximate surface area is 121 Å². The summed E-state index contributed by atoms with van der Waals surface area (Å²) >= 11 is 6.18. The summed E-state index contributed by atoms with van der Waals surface area (Å²) in [5.41, 5.74) is 3.51. The summed E-state index contributed by atoms with van der Waals surface area (Å²) in [6.45, 7) is 3.81. The van der Waals surface area contributed by atoms with Gasteiger partial charge < -0.3 is 4.42 Å². The quantitative estimate of drug-likeness (QED) is 0.605. The average molecular weight is 285 g/mol. The Hall–Kier alpha value is -2.06. The van der Waals surface area contributed by atoms with Crippen LogP contribution in [0.4, 0.5) is 0 Å². The lowest BCUT2D eigenvalue weighted by Gasteiger charge is -2.09. The molecule has 3 rings (SSSR count). The fourth-order valence-corrected chi connectivity index (χ4v) is 2.57. The van der Waals surface area contributed by atoms with Crippen LogP contribution in [0.2, 0.25) is 5.02 Å². The van der Waals surface area contributed by atoms with Gasteiger partial charge >= 0.3 is 5.63 Å². The molecule has 100 valence electrons. The van der Waals surface area contributed by atoms with E-state index in [2.05, 4.69) is 0 Å². The predicted octanol–water partition coefficient (Wildman–Crippen LogP) is 4.73. The fraction of sp³-hybridized carbons (Fsp3) is 0.118. The van der Waals surface area contributed by atoms with E-state index >= 15 is 0 Å². The number of rotatable bonds is 1. The fourth-order valence-electron chi connectivity index (χ4n) is 2.41. The topological polar surface area (TPSA) is 30.2 Å². The van der Waals surface area contributed by atoms with Gasteiger partial charge in [-0.1, -0.05) is 41.9 Å². The van der Waals surface area contributed by atoms with E-state index in [0.29, 0.717) is 16.2 Å². The highest BCUT2D eigenvalue weighted by Gasteiger charge is 2.14. The average Bonchev–Trinajstić information content (AvgIpc) is 2.43. The molecule has 1 heterocycles. The van der Waals surface area contributed by atoms with Crippen LogP contribution in [0.25, 0.3) is 22.1 Å². The van der Waals surface area contributed by atoms with Crippen LogP contribution in [0.3, 0.4) is 0 Å². The van der Waals surface area contributed by atoms with Gasteiger partial charge in [0.1, 0.15) is 5.58 Å². The standard InChI is InChI=1S/C17H13ClO2/c1-10-8-15-13(9-14(10)18)11(2)16(17(19)20-15)12-6-4-3-5-7-12/h3-9H,1-2H3. The van der Waals surface area contributed by atoms with E-state index in [1.165, 1.54) is 0 Å². The molecule has 0 aliphatic heterocycles. The van der Waals surface area contributed by atoms with Gasteiger partial charge in [0.25, 0.3) is 0 Å². The molecule has 0 aliphatic rings. The molecule has 2 aromatic carbocycles. The van der Waals surface area contributed by atoms with Gasteiger partial charge in [-0.05, 0) is 42.7 Å². The van der Waals surface area contributed by atoms with Gasteiger partial charge in [0, 0.05) is 10.4 Å². The number of hydrogen-bond acceptors (Lipinski definition) is 2. The van der Waals surface area contributed by atoms with Crippen molar-refractivity contribution in [1.82, 2.24) is 0 Å². The molecule has 0 unspecified atom stereocenters. The highest BCUT2D eigenvalue weighted by atomic mass is 35.5. The van der Waals surface area contributed by atoms with Gasteiger partial charge in [-0.2, -0.15) is 0 Å². The van der Waals surface area contributed by atoms with Crippen LogP contribution in [0.15, 0.2) is 51.7 Å². The van der Waals surface area contributed by atoms with Crippen molar-refractivity contribution >= 4 is 22.6 Å². The Kier molecular flexibility index (Phi) is 3.11. The highest BCUT2D eigenvalue weighted by Crippen LogP contribution is 2.30. The molecule has 3 heteroatoms. The van der Waals surface area contributed by atoms with Crippen molar-refractivity contribution in [3.05, 3.63) is 69.0 Å². The van der Waals surface area contributed by atoms with Crippen LogP contribution in [0, 0.1) is 13.8 Å². The molecule has 20 heavy (non-hydrogen) atoms. The van der Waals surface area contributed by atoms with Crippen molar-refractivity contribution in [2.45, 2.75) is 13.8 Å². The van der Waals surface area contributed by atoms with Crippen LogP contribution >= 0.6 is 11.6 Å². The predicted molar refractivity (Wildman–Crippen MR) is 82.4 cm³/mol. The number of benzene rings is 2. The van der Waals surface area contributed by atoms with E-state index in [1.807, 2.05) is 50.2 Å². The van der Waals surface area contributed by atoms with Crippen LogP contribution in [-0.4, -0.2) is 0 Å². The van der Waals surface area contributed by atoms with Gasteiger partial charge in [-0.15, -0.1) is 0 Å². The zero-order valence-corrected chi connectivity index (χ0v) is 12.0. The third kappa shape index (κ3) is 2.02. The van der Waals surface area contributed by atoms with E-state index in [-0.39, 0.29) is 5.63 Å². The lowest BCUT2D eigenvalue weighted by atomic mass is 9.99. The van der Waals surface area contributed by atoms with Gasteiger partial charge in [0.2, 0.25) is 0 Å². The minimum atomic E-state index is -0.317. The molecule has 0 bridgehead atoms. The first-order chi connectivity index (χ1) is 9.58. The van der Waals surface area contributed by atoms with E-state index in [4.69, 9.17) is 16.0 Å². The van der Waals surface area contributed by atoms with Crippen molar-refractivity contribution in [3.8, 4) is 11.1 Å². The molecule has 0 saturated heterocycles. The number of halogens is 1. The molecular formula is C17H13ClO2. The van der Waals surface area contributed by atoms with E-state index in [9.17, 15) is 4.79 Å². The Morgan fingerprint density at radius 2 is 1.75 bits per heavy atom. The number of hydrogen-bond donors (Lipinski definition) is 0. The molecule has 0 atom stereocenters. The Morgan fingerprint density at radius 3 is 2.45 bits per heavy atom. The Morgan fingerprint density at radius 1 is 1.05 bits per heavy atom. The largest absolute Gasteiger partial charge is 0.422 e. The van der Waals surface area contributed by atoms with Crippen LogP contribution in [0.1, 0.15) is 11.1 Å². The van der Waals surface area contributed by atoms with Crippen molar-refractivity contribution in [3.63, 3.8) is 0 Å². The van der Waals surface area contributed by atoms with Gasteiger partial charge in [-0.3, -0.25) is 0 Å². The number of fused-ring (bicyclic) bond motifs is 1. The minimum Gasteiger partial charge on any atom is -0.422 e. The second-order valence-electron chi connectivity index (χ2n) is 4.85. The maximum Gasteiger partial charge on any atom is 0.344 e. The second-order valence-corrected chi connectivity index (χ2v) is 5.26.